The van der Waals surface area contributed by atoms with Crippen molar-refractivity contribution in [3.8, 4) is 0 Å². The molecule has 114 valence electrons. The first kappa shape index (κ1) is 17.3. The standard InChI is InChI=1S/C9H13BrFN3O4S2/c10-6-4-9(8(12)5-7(6)11)20(17,18)14-2-1-3-19(13,15)16/h4-5,14H,1-3,12H2,(H2,13,15,16). The number of nitrogens with one attached hydrogen (secondary N) is 1. The van der Waals surface area contributed by atoms with Crippen LogP contribution in [0.4, 0.5) is 10.1 Å². The van der Waals surface area contributed by atoms with Crippen LogP contribution in [0.5, 0.6) is 0 Å². The Morgan fingerprint density at radius 3 is 2.40 bits per heavy atom. The molecule has 0 fully saturated rings. The zero-order chi connectivity index (χ0) is 15.6. The van der Waals surface area contributed by atoms with Crippen LogP contribution in [0.1, 0.15) is 6.42 Å². The Bertz CT molecular complexity index is 706. The molecule has 0 aliphatic rings. The number of hydrogen-bond donors (Lipinski definition) is 3. The smallest absolute Gasteiger partial charge is 0.242 e. The minimum absolute atomic E-state index is 0.0142. The Hall–Kier alpha value is -0.750. The van der Waals surface area contributed by atoms with E-state index in [9.17, 15) is 21.2 Å². The van der Waals surface area contributed by atoms with Gasteiger partial charge in [0.15, 0.2) is 0 Å². The maximum absolute atomic E-state index is 13.2. The molecule has 0 heterocycles. The van der Waals surface area contributed by atoms with Crippen LogP contribution in [0, 0.1) is 5.82 Å². The second-order valence-electron chi connectivity index (χ2n) is 3.92. The van der Waals surface area contributed by atoms with E-state index in [1.165, 1.54) is 0 Å². The largest absolute Gasteiger partial charge is 0.398 e. The normalized spacial score (nSPS) is 12.6. The van der Waals surface area contributed by atoms with E-state index in [4.69, 9.17) is 10.9 Å². The Morgan fingerprint density at radius 2 is 1.85 bits per heavy atom. The molecule has 0 unspecified atom stereocenters. The van der Waals surface area contributed by atoms with E-state index in [1.54, 1.807) is 0 Å². The first-order valence-corrected chi connectivity index (χ1v) is 9.27. The number of sulfonamides is 2. The Morgan fingerprint density at radius 1 is 1.25 bits per heavy atom. The number of benzene rings is 1. The van der Waals surface area contributed by atoms with Crippen LogP contribution in [0.2, 0.25) is 0 Å². The van der Waals surface area contributed by atoms with Gasteiger partial charge in [-0.15, -0.1) is 0 Å². The van der Waals surface area contributed by atoms with Gasteiger partial charge < -0.3 is 5.73 Å². The number of halogens is 2. The molecule has 1 aromatic rings. The van der Waals surface area contributed by atoms with E-state index >= 15 is 0 Å². The number of primary sulfonamides is 1. The lowest BCUT2D eigenvalue weighted by molar-refractivity contribution is 0.576. The van der Waals surface area contributed by atoms with E-state index in [2.05, 4.69) is 20.7 Å². The SMILES string of the molecule is Nc1cc(F)c(Br)cc1S(=O)(=O)NCCCS(N)(=O)=O. The molecule has 0 bridgehead atoms. The second kappa shape index (κ2) is 6.35. The molecule has 5 N–H and O–H groups in total. The summed E-state index contributed by atoms with van der Waals surface area (Å²) in [6.45, 7) is -0.132. The first-order chi connectivity index (χ1) is 9.03. The highest BCUT2D eigenvalue weighted by molar-refractivity contribution is 9.10. The molecule has 0 radical (unpaired) electrons. The van der Waals surface area contributed by atoms with Crippen molar-refractivity contribution in [2.24, 2.45) is 5.14 Å². The molecule has 0 aliphatic carbocycles. The number of rotatable bonds is 6. The first-order valence-electron chi connectivity index (χ1n) is 5.27. The van der Waals surface area contributed by atoms with Gasteiger partial charge in [0, 0.05) is 6.54 Å². The Balaban J connectivity index is 2.82. The summed E-state index contributed by atoms with van der Waals surface area (Å²) >= 11 is 2.86. The van der Waals surface area contributed by atoms with Crippen molar-refractivity contribution < 1.29 is 21.2 Å². The molecular weight excluding hydrogens is 377 g/mol. The fourth-order valence-electron chi connectivity index (χ4n) is 1.33. The third kappa shape index (κ3) is 4.98. The van der Waals surface area contributed by atoms with Gasteiger partial charge in [0.1, 0.15) is 10.7 Å². The molecule has 0 saturated heterocycles. The molecule has 7 nitrogen and oxygen atoms in total. The van der Waals surface area contributed by atoms with Gasteiger partial charge in [0.25, 0.3) is 0 Å². The molecule has 0 spiro atoms. The van der Waals surface area contributed by atoms with Crippen LogP contribution in [0.3, 0.4) is 0 Å². The highest BCUT2D eigenvalue weighted by Gasteiger charge is 2.19. The Kier molecular flexibility index (Phi) is 5.49. The second-order valence-corrected chi connectivity index (χ2v) is 8.25. The predicted octanol–water partition coefficient (Wildman–Crippen LogP) is 0.127. The number of hydrogen-bond acceptors (Lipinski definition) is 5. The summed E-state index contributed by atoms with van der Waals surface area (Å²) in [4.78, 5) is -0.290. The lowest BCUT2D eigenvalue weighted by atomic mass is 10.3. The highest BCUT2D eigenvalue weighted by atomic mass is 79.9. The van der Waals surface area contributed by atoms with Crippen molar-refractivity contribution in [3.63, 3.8) is 0 Å². The summed E-state index contributed by atoms with van der Waals surface area (Å²) in [5, 5.41) is 4.78. The molecule has 1 rings (SSSR count). The van der Waals surface area contributed by atoms with Crippen molar-refractivity contribution >= 4 is 41.7 Å². The van der Waals surface area contributed by atoms with Gasteiger partial charge in [0.2, 0.25) is 20.0 Å². The Labute approximate surface area is 124 Å². The maximum atomic E-state index is 13.2. The van der Waals surface area contributed by atoms with Crippen LogP contribution < -0.4 is 15.6 Å². The molecule has 20 heavy (non-hydrogen) atoms. The summed E-state index contributed by atoms with van der Waals surface area (Å²) in [5.41, 5.74) is 5.21. The van der Waals surface area contributed by atoms with Crippen molar-refractivity contribution in [3.05, 3.63) is 22.4 Å². The summed E-state index contributed by atoms with van der Waals surface area (Å²) < 4.78 is 60.5. The summed E-state index contributed by atoms with van der Waals surface area (Å²) in [7, 11) is -7.60. The van der Waals surface area contributed by atoms with Crippen LogP contribution in [-0.2, 0) is 20.0 Å². The van der Waals surface area contributed by atoms with Gasteiger partial charge in [0.05, 0.1) is 15.9 Å². The lowest BCUT2D eigenvalue weighted by Crippen LogP contribution is -2.28. The maximum Gasteiger partial charge on any atom is 0.242 e. The van der Waals surface area contributed by atoms with E-state index in [-0.39, 0.29) is 33.8 Å². The fourth-order valence-corrected chi connectivity index (χ4v) is 3.59. The molecule has 0 aliphatic heterocycles. The van der Waals surface area contributed by atoms with Crippen LogP contribution in [0.25, 0.3) is 0 Å². The van der Waals surface area contributed by atoms with Gasteiger partial charge >= 0.3 is 0 Å². The minimum atomic E-state index is -3.96. The quantitative estimate of drug-likeness (QED) is 0.469. The van der Waals surface area contributed by atoms with E-state index in [0.29, 0.717) is 0 Å². The van der Waals surface area contributed by atoms with Gasteiger partial charge in [-0.1, -0.05) is 0 Å². The summed E-state index contributed by atoms with van der Waals surface area (Å²) in [6, 6.07) is 1.91. The van der Waals surface area contributed by atoms with Gasteiger partial charge in [-0.05, 0) is 34.5 Å². The lowest BCUT2D eigenvalue weighted by Gasteiger charge is -2.09. The zero-order valence-electron chi connectivity index (χ0n) is 10.1. The number of nitrogen functional groups attached to an aromatic ring is 1. The predicted molar refractivity (Wildman–Crippen MR) is 76.3 cm³/mol. The molecule has 0 aromatic heterocycles. The molecule has 1 aromatic carbocycles. The third-order valence-corrected chi connectivity index (χ3v) is 5.22. The summed E-state index contributed by atoms with van der Waals surface area (Å²) in [6.07, 6.45) is 0.0142. The fraction of sp³-hybridized carbons (Fsp3) is 0.333. The zero-order valence-corrected chi connectivity index (χ0v) is 13.4. The monoisotopic (exact) mass is 389 g/mol. The van der Waals surface area contributed by atoms with Crippen molar-refractivity contribution in [2.45, 2.75) is 11.3 Å². The van der Waals surface area contributed by atoms with Crippen LogP contribution >= 0.6 is 15.9 Å². The minimum Gasteiger partial charge on any atom is -0.398 e. The third-order valence-electron chi connectivity index (χ3n) is 2.24. The number of nitrogens with two attached hydrogens (primary N) is 2. The molecule has 0 amide bonds. The van der Waals surface area contributed by atoms with Crippen LogP contribution in [0.15, 0.2) is 21.5 Å². The highest BCUT2D eigenvalue weighted by Crippen LogP contribution is 2.25. The van der Waals surface area contributed by atoms with Gasteiger partial charge in [-0.25, -0.2) is 31.1 Å². The molecular formula is C9H13BrFN3O4S2. The van der Waals surface area contributed by atoms with E-state index < -0.39 is 25.9 Å². The van der Waals surface area contributed by atoms with Crippen molar-refractivity contribution in [1.82, 2.24) is 4.72 Å². The van der Waals surface area contributed by atoms with Crippen molar-refractivity contribution in [2.75, 3.05) is 18.0 Å². The average molecular weight is 390 g/mol. The van der Waals surface area contributed by atoms with Crippen molar-refractivity contribution in [1.29, 1.82) is 0 Å². The molecule has 11 heteroatoms. The van der Waals surface area contributed by atoms with E-state index in [0.717, 1.165) is 12.1 Å². The summed E-state index contributed by atoms with van der Waals surface area (Å²) in [5.74, 6) is -1.03. The number of anilines is 1. The van der Waals surface area contributed by atoms with Gasteiger partial charge in [-0.3, -0.25) is 0 Å². The van der Waals surface area contributed by atoms with E-state index in [1.807, 2.05) is 0 Å². The van der Waals surface area contributed by atoms with Gasteiger partial charge in [-0.2, -0.15) is 0 Å². The topological polar surface area (TPSA) is 132 Å². The van der Waals surface area contributed by atoms with Crippen LogP contribution in [-0.4, -0.2) is 29.1 Å². The molecule has 0 saturated carbocycles. The average Bonchev–Trinajstić information content (AvgIpc) is 2.28. The molecule has 0 atom stereocenters.